The standard InChI is InChI=1S/C24H23Cl3N4O3/c1-29-12-10-16(11-13-29)30(2)22(32)14-6-8-15(9-7-14)28-21-20(27)23(33)31(24(21)34)18-5-3-4-17(25)19(18)26/h3-9,16,28H,10-13H2,1-2H3/p+1. The second-order valence-electron chi connectivity index (χ2n) is 8.51. The van der Waals surface area contributed by atoms with Crippen molar-refractivity contribution in [3.05, 3.63) is 68.8 Å². The van der Waals surface area contributed by atoms with E-state index in [1.165, 1.54) is 11.0 Å². The van der Waals surface area contributed by atoms with Gasteiger partial charge in [0, 0.05) is 37.2 Å². The Morgan fingerprint density at radius 2 is 1.68 bits per heavy atom. The van der Waals surface area contributed by atoms with Gasteiger partial charge in [0.2, 0.25) is 0 Å². The lowest BCUT2D eigenvalue weighted by atomic mass is 10.0. The number of benzene rings is 2. The van der Waals surface area contributed by atoms with Crippen molar-refractivity contribution in [3.8, 4) is 0 Å². The summed E-state index contributed by atoms with van der Waals surface area (Å²) >= 11 is 18.4. The van der Waals surface area contributed by atoms with Crippen LogP contribution in [0.25, 0.3) is 0 Å². The van der Waals surface area contributed by atoms with Gasteiger partial charge in [-0.1, -0.05) is 40.9 Å². The molecule has 0 saturated carbocycles. The van der Waals surface area contributed by atoms with Crippen molar-refractivity contribution in [2.24, 2.45) is 0 Å². The third-order valence-corrected chi connectivity index (χ3v) is 7.44. The molecule has 2 aliphatic rings. The molecule has 3 amide bonds. The van der Waals surface area contributed by atoms with E-state index in [1.54, 1.807) is 41.3 Å². The zero-order chi connectivity index (χ0) is 24.6. The Kier molecular flexibility index (Phi) is 7.19. The van der Waals surface area contributed by atoms with Gasteiger partial charge in [-0.3, -0.25) is 14.4 Å². The summed E-state index contributed by atoms with van der Waals surface area (Å²) in [6, 6.07) is 11.6. The Labute approximate surface area is 212 Å². The number of halogens is 3. The SMILES string of the molecule is CN(C(=O)c1ccc(NC2=C(Cl)C(=O)N(c3cccc(Cl)c3Cl)C2=O)cc1)C1CC[NH+](C)CC1. The molecule has 2 aliphatic heterocycles. The summed E-state index contributed by atoms with van der Waals surface area (Å²) in [5.74, 6) is -1.41. The van der Waals surface area contributed by atoms with Crippen LogP contribution in [0.2, 0.25) is 10.0 Å². The monoisotopic (exact) mass is 521 g/mol. The van der Waals surface area contributed by atoms with E-state index >= 15 is 0 Å². The molecule has 2 N–H and O–H groups in total. The van der Waals surface area contributed by atoms with E-state index < -0.39 is 11.8 Å². The molecule has 4 rings (SSSR count). The predicted octanol–water partition coefficient (Wildman–Crippen LogP) is 3.18. The smallest absolute Gasteiger partial charge is 0.283 e. The van der Waals surface area contributed by atoms with Crippen LogP contribution in [0.15, 0.2) is 53.2 Å². The molecular weight excluding hydrogens is 499 g/mol. The summed E-state index contributed by atoms with van der Waals surface area (Å²) in [5, 5.41) is 2.93. The summed E-state index contributed by atoms with van der Waals surface area (Å²) in [6.07, 6.45) is 1.95. The van der Waals surface area contributed by atoms with Crippen LogP contribution in [-0.2, 0) is 9.59 Å². The predicted molar refractivity (Wildman–Crippen MR) is 134 cm³/mol. The van der Waals surface area contributed by atoms with Crippen LogP contribution < -0.4 is 15.1 Å². The minimum atomic E-state index is -0.702. The lowest BCUT2D eigenvalue weighted by Gasteiger charge is -2.33. The number of piperidine rings is 1. The molecule has 178 valence electrons. The van der Waals surface area contributed by atoms with Crippen molar-refractivity contribution in [1.29, 1.82) is 0 Å². The summed E-state index contributed by atoms with van der Waals surface area (Å²) in [6.45, 7) is 2.09. The van der Waals surface area contributed by atoms with Gasteiger partial charge in [-0.15, -0.1) is 0 Å². The van der Waals surface area contributed by atoms with Gasteiger partial charge in [-0.25, -0.2) is 4.90 Å². The number of amides is 3. The van der Waals surface area contributed by atoms with Gasteiger partial charge in [0.1, 0.15) is 10.7 Å². The normalized spacial score (nSPS) is 20.7. The molecule has 0 atom stereocenters. The molecule has 1 fully saturated rings. The Balaban J connectivity index is 1.48. The van der Waals surface area contributed by atoms with Gasteiger partial charge < -0.3 is 15.1 Å². The molecule has 0 aliphatic carbocycles. The van der Waals surface area contributed by atoms with Crippen LogP contribution in [-0.4, -0.2) is 55.8 Å². The van der Waals surface area contributed by atoms with Gasteiger partial charge in [0.15, 0.2) is 0 Å². The number of hydrogen-bond donors (Lipinski definition) is 2. The molecule has 0 radical (unpaired) electrons. The number of rotatable bonds is 5. The summed E-state index contributed by atoms with van der Waals surface area (Å²) in [7, 11) is 4.00. The largest absolute Gasteiger partial charge is 0.350 e. The molecular formula is C24H24Cl3N4O3+. The number of likely N-dealkylation sites (tertiary alicyclic amines) is 1. The van der Waals surface area contributed by atoms with Crippen LogP contribution >= 0.6 is 34.8 Å². The highest BCUT2D eigenvalue weighted by molar-refractivity contribution is 6.54. The van der Waals surface area contributed by atoms with E-state index in [2.05, 4.69) is 12.4 Å². The van der Waals surface area contributed by atoms with Gasteiger partial charge in [-0.2, -0.15) is 0 Å². The second-order valence-corrected chi connectivity index (χ2v) is 9.68. The fourth-order valence-electron chi connectivity index (χ4n) is 4.19. The van der Waals surface area contributed by atoms with Crippen molar-refractivity contribution in [3.63, 3.8) is 0 Å². The number of nitrogens with one attached hydrogen (secondary N) is 2. The number of hydrogen-bond acceptors (Lipinski definition) is 4. The molecule has 0 bridgehead atoms. The molecule has 2 aromatic rings. The average Bonchev–Trinajstić information content (AvgIpc) is 3.04. The van der Waals surface area contributed by atoms with Crippen LogP contribution in [0.3, 0.4) is 0 Å². The Hall–Kier alpha value is -2.58. The van der Waals surface area contributed by atoms with Crippen LogP contribution in [0.4, 0.5) is 11.4 Å². The first kappa shape index (κ1) is 24.5. The maximum atomic E-state index is 13.0. The molecule has 0 spiro atoms. The zero-order valence-electron chi connectivity index (χ0n) is 18.7. The first-order valence-electron chi connectivity index (χ1n) is 10.9. The highest BCUT2D eigenvalue weighted by atomic mass is 35.5. The van der Waals surface area contributed by atoms with E-state index in [9.17, 15) is 14.4 Å². The Morgan fingerprint density at radius 3 is 2.32 bits per heavy atom. The van der Waals surface area contributed by atoms with Crippen molar-refractivity contribution in [2.45, 2.75) is 18.9 Å². The maximum Gasteiger partial charge on any atom is 0.283 e. The van der Waals surface area contributed by atoms with E-state index in [4.69, 9.17) is 34.8 Å². The van der Waals surface area contributed by atoms with Gasteiger partial charge >= 0.3 is 0 Å². The number of anilines is 2. The van der Waals surface area contributed by atoms with Crippen LogP contribution in [0, 0.1) is 0 Å². The second kappa shape index (κ2) is 9.96. The lowest BCUT2D eigenvalue weighted by Crippen LogP contribution is -3.10. The van der Waals surface area contributed by atoms with E-state index in [0.29, 0.717) is 11.3 Å². The first-order valence-corrected chi connectivity index (χ1v) is 12.0. The van der Waals surface area contributed by atoms with Gasteiger partial charge in [0.25, 0.3) is 17.7 Å². The molecule has 7 nitrogen and oxygen atoms in total. The minimum Gasteiger partial charge on any atom is -0.350 e. The highest BCUT2D eigenvalue weighted by Gasteiger charge is 2.40. The molecule has 10 heteroatoms. The molecule has 2 aromatic carbocycles. The van der Waals surface area contributed by atoms with Crippen molar-refractivity contribution in [1.82, 2.24) is 4.90 Å². The van der Waals surface area contributed by atoms with Crippen molar-refractivity contribution >= 4 is 63.9 Å². The van der Waals surface area contributed by atoms with Crippen molar-refractivity contribution < 1.29 is 19.3 Å². The summed E-state index contributed by atoms with van der Waals surface area (Å²) in [4.78, 5) is 42.8. The topological polar surface area (TPSA) is 74.2 Å². The van der Waals surface area contributed by atoms with E-state index in [1.807, 2.05) is 7.05 Å². The Bertz CT molecular complexity index is 1170. The number of carbonyl (C=O) groups excluding carboxylic acids is 3. The number of imide groups is 1. The number of nitrogens with zero attached hydrogens (tertiary/aromatic N) is 2. The molecule has 2 heterocycles. The molecule has 0 unspecified atom stereocenters. The third kappa shape index (κ3) is 4.66. The van der Waals surface area contributed by atoms with Crippen LogP contribution in [0.5, 0.6) is 0 Å². The quantitative estimate of drug-likeness (QED) is 0.592. The lowest BCUT2D eigenvalue weighted by molar-refractivity contribution is -0.885. The molecule has 1 saturated heterocycles. The van der Waals surface area contributed by atoms with Crippen molar-refractivity contribution in [2.75, 3.05) is 37.4 Å². The Morgan fingerprint density at radius 1 is 1.03 bits per heavy atom. The van der Waals surface area contributed by atoms with Gasteiger partial charge in [-0.05, 0) is 36.4 Å². The zero-order valence-corrected chi connectivity index (χ0v) is 21.0. The number of carbonyl (C=O) groups is 3. The highest BCUT2D eigenvalue weighted by Crippen LogP contribution is 2.37. The van der Waals surface area contributed by atoms with Crippen LogP contribution in [0.1, 0.15) is 23.2 Å². The minimum absolute atomic E-state index is 0.0535. The fraction of sp³-hybridized carbons (Fsp3) is 0.292. The molecule has 34 heavy (non-hydrogen) atoms. The molecule has 0 aromatic heterocycles. The summed E-state index contributed by atoms with van der Waals surface area (Å²) < 4.78 is 0. The maximum absolute atomic E-state index is 13.0. The van der Waals surface area contributed by atoms with Gasteiger partial charge in [0.05, 0.1) is 35.9 Å². The fourth-order valence-corrected chi connectivity index (χ4v) is 4.78. The van der Waals surface area contributed by atoms with E-state index in [0.717, 1.165) is 30.8 Å². The third-order valence-electron chi connectivity index (χ3n) is 6.28. The number of quaternary nitrogens is 1. The average molecular weight is 523 g/mol. The summed E-state index contributed by atoms with van der Waals surface area (Å²) in [5.41, 5.74) is 1.13. The first-order chi connectivity index (χ1) is 16.2. The van der Waals surface area contributed by atoms with E-state index in [-0.39, 0.29) is 38.4 Å².